The van der Waals surface area contributed by atoms with Gasteiger partial charge >= 0.3 is 6.18 Å². The summed E-state index contributed by atoms with van der Waals surface area (Å²) in [4.78, 5) is -0.113. The van der Waals surface area contributed by atoms with Crippen molar-refractivity contribution in [3.8, 4) is 0 Å². The van der Waals surface area contributed by atoms with Gasteiger partial charge in [-0.05, 0) is 56.5 Å². The van der Waals surface area contributed by atoms with Gasteiger partial charge in [-0.25, -0.2) is 8.42 Å². The highest BCUT2D eigenvalue weighted by molar-refractivity contribution is 7.89. The number of benzene rings is 2. The van der Waals surface area contributed by atoms with Gasteiger partial charge in [-0.15, -0.1) is 0 Å². The van der Waals surface area contributed by atoms with Gasteiger partial charge in [0.05, 0.1) is 4.90 Å². The molecule has 0 bridgehead atoms. The molecule has 0 saturated heterocycles. The SMILES string of the molecule is Cc1cccc(NCC(NS(=O)(=O)c2c(C)cc(C)cc2C)C(F)(F)F)c1. The topological polar surface area (TPSA) is 58.2 Å². The van der Waals surface area contributed by atoms with Gasteiger partial charge in [-0.1, -0.05) is 29.8 Å². The van der Waals surface area contributed by atoms with Crippen molar-refractivity contribution >= 4 is 15.7 Å². The molecule has 0 amide bonds. The van der Waals surface area contributed by atoms with Crippen LogP contribution in [0.1, 0.15) is 22.3 Å². The van der Waals surface area contributed by atoms with Crippen LogP contribution in [0.3, 0.4) is 0 Å². The first kappa shape index (κ1) is 21.2. The molecule has 0 aliphatic rings. The van der Waals surface area contributed by atoms with Crippen molar-refractivity contribution in [1.82, 2.24) is 4.72 Å². The van der Waals surface area contributed by atoms with E-state index in [4.69, 9.17) is 0 Å². The summed E-state index contributed by atoms with van der Waals surface area (Å²) < 4.78 is 67.5. The second-order valence-electron chi connectivity index (χ2n) is 6.69. The molecule has 2 aromatic rings. The zero-order valence-corrected chi connectivity index (χ0v) is 16.4. The van der Waals surface area contributed by atoms with E-state index < -0.39 is 28.8 Å². The Labute approximate surface area is 157 Å². The Bertz CT molecular complexity index is 902. The van der Waals surface area contributed by atoms with Crippen molar-refractivity contribution in [2.45, 2.75) is 44.8 Å². The fraction of sp³-hybridized carbons (Fsp3) is 0.368. The number of halogens is 3. The van der Waals surface area contributed by atoms with Crippen molar-refractivity contribution in [3.63, 3.8) is 0 Å². The molecule has 27 heavy (non-hydrogen) atoms. The highest BCUT2D eigenvalue weighted by atomic mass is 32.2. The molecule has 0 heterocycles. The molecule has 4 nitrogen and oxygen atoms in total. The van der Waals surface area contributed by atoms with Crippen LogP contribution in [0.15, 0.2) is 41.3 Å². The minimum atomic E-state index is -4.74. The van der Waals surface area contributed by atoms with E-state index >= 15 is 0 Å². The van der Waals surface area contributed by atoms with E-state index in [1.807, 2.05) is 17.7 Å². The second kappa shape index (κ2) is 7.90. The van der Waals surface area contributed by atoms with Gasteiger partial charge in [-0.2, -0.15) is 17.9 Å². The quantitative estimate of drug-likeness (QED) is 0.763. The molecule has 1 atom stereocenters. The zero-order chi connectivity index (χ0) is 20.4. The maximum atomic E-state index is 13.4. The Morgan fingerprint density at radius 1 is 0.963 bits per heavy atom. The molecule has 2 N–H and O–H groups in total. The van der Waals surface area contributed by atoms with Crippen LogP contribution >= 0.6 is 0 Å². The van der Waals surface area contributed by atoms with Gasteiger partial charge in [0.25, 0.3) is 0 Å². The van der Waals surface area contributed by atoms with E-state index in [1.165, 1.54) is 0 Å². The van der Waals surface area contributed by atoms with E-state index in [1.54, 1.807) is 51.1 Å². The normalized spacial score (nSPS) is 13.4. The molecule has 0 aliphatic carbocycles. The van der Waals surface area contributed by atoms with E-state index in [2.05, 4.69) is 5.32 Å². The van der Waals surface area contributed by atoms with Gasteiger partial charge in [0.1, 0.15) is 6.04 Å². The number of hydrogen-bond acceptors (Lipinski definition) is 3. The van der Waals surface area contributed by atoms with Gasteiger partial charge in [0.2, 0.25) is 10.0 Å². The minimum absolute atomic E-state index is 0.113. The van der Waals surface area contributed by atoms with Gasteiger partial charge < -0.3 is 5.32 Å². The van der Waals surface area contributed by atoms with Crippen molar-refractivity contribution in [2.75, 3.05) is 11.9 Å². The number of sulfonamides is 1. The summed E-state index contributed by atoms with van der Waals surface area (Å²) in [7, 11) is -4.34. The van der Waals surface area contributed by atoms with E-state index in [-0.39, 0.29) is 4.90 Å². The monoisotopic (exact) mass is 400 g/mol. The Balaban J connectivity index is 2.28. The molecule has 8 heteroatoms. The zero-order valence-electron chi connectivity index (χ0n) is 15.6. The van der Waals surface area contributed by atoms with Crippen LogP contribution < -0.4 is 10.0 Å². The molecule has 0 fully saturated rings. The van der Waals surface area contributed by atoms with Crippen LogP contribution in [0.5, 0.6) is 0 Å². The van der Waals surface area contributed by atoms with E-state index in [0.717, 1.165) is 11.1 Å². The lowest BCUT2D eigenvalue weighted by Crippen LogP contribution is -2.49. The maximum Gasteiger partial charge on any atom is 0.406 e. The summed E-state index contributed by atoms with van der Waals surface area (Å²) in [5.41, 5.74) is 3.04. The lowest BCUT2D eigenvalue weighted by atomic mass is 10.1. The largest absolute Gasteiger partial charge is 0.406 e. The number of alkyl halides is 3. The van der Waals surface area contributed by atoms with Crippen molar-refractivity contribution in [1.29, 1.82) is 0 Å². The van der Waals surface area contributed by atoms with Crippen LogP contribution in [-0.4, -0.2) is 27.2 Å². The third-order valence-corrected chi connectivity index (χ3v) is 5.87. The highest BCUT2D eigenvalue weighted by Gasteiger charge is 2.42. The molecule has 148 valence electrons. The molecule has 0 aliphatic heterocycles. The molecule has 2 rings (SSSR count). The predicted molar refractivity (Wildman–Crippen MR) is 100 cm³/mol. The number of anilines is 1. The lowest BCUT2D eigenvalue weighted by Gasteiger charge is -2.23. The predicted octanol–water partition coefficient (Wildman–Crippen LogP) is 4.24. The van der Waals surface area contributed by atoms with Crippen LogP contribution in [0.25, 0.3) is 0 Å². The van der Waals surface area contributed by atoms with Crippen molar-refractivity contribution < 1.29 is 21.6 Å². The third kappa shape index (κ3) is 5.46. The first-order valence-corrected chi connectivity index (χ1v) is 9.86. The fourth-order valence-electron chi connectivity index (χ4n) is 3.04. The fourth-order valence-corrected chi connectivity index (χ4v) is 4.71. The molecule has 0 saturated carbocycles. The molecule has 1 unspecified atom stereocenters. The van der Waals surface area contributed by atoms with Gasteiger partial charge in [0.15, 0.2) is 0 Å². The Hall–Kier alpha value is -2.06. The number of aryl methyl sites for hydroxylation is 4. The summed E-state index contributed by atoms with van der Waals surface area (Å²) in [6.45, 7) is 6.15. The number of rotatable bonds is 6. The molecular weight excluding hydrogens is 377 g/mol. The van der Waals surface area contributed by atoms with Crippen LogP contribution in [0.2, 0.25) is 0 Å². The molecule has 0 radical (unpaired) electrons. The van der Waals surface area contributed by atoms with Crippen LogP contribution in [0, 0.1) is 27.7 Å². The summed E-state index contributed by atoms with van der Waals surface area (Å²) in [5.74, 6) is 0. The molecule has 0 spiro atoms. The summed E-state index contributed by atoms with van der Waals surface area (Å²) >= 11 is 0. The molecular formula is C19H23F3N2O2S. The minimum Gasteiger partial charge on any atom is -0.383 e. The molecule has 0 aromatic heterocycles. The average molecular weight is 400 g/mol. The van der Waals surface area contributed by atoms with Crippen LogP contribution in [0.4, 0.5) is 18.9 Å². The lowest BCUT2D eigenvalue weighted by molar-refractivity contribution is -0.148. The standard InChI is InChI=1S/C19H23F3N2O2S/c1-12-6-5-7-16(10-12)23-11-17(19(20,21)22)24-27(25,26)18-14(3)8-13(2)9-15(18)4/h5-10,17,23-24H,11H2,1-4H3. The third-order valence-electron chi connectivity index (χ3n) is 4.09. The summed E-state index contributed by atoms with van der Waals surface area (Å²) in [6, 6.07) is 7.86. The van der Waals surface area contributed by atoms with Crippen molar-refractivity contribution in [2.24, 2.45) is 0 Å². The first-order valence-electron chi connectivity index (χ1n) is 8.37. The van der Waals surface area contributed by atoms with Gasteiger partial charge in [0, 0.05) is 12.2 Å². The molecule has 2 aromatic carbocycles. The maximum absolute atomic E-state index is 13.4. The average Bonchev–Trinajstić information content (AvgIpc) is 2.49. The summed E-state index contributed by atoms with van der Waals surface area (Å²) in [6.07, 6.45) is -4.74. The smallest absolute Gasteiger partial charge is 0.383 e. The number of hydrogen-bond donors (Lipinski definition) is 2. The summed E-state index contributed by atoms with van der Waals surface area (Å²) in [5, 5.41) is 2.66. The van der Waals surface area contributed by atoms with E-state index in [0.29, 0.717) is 16.8 Å². The Morgan fingerprint density at radius 2 is 1.56 bits per heavy atom. The Kier molecular flexibility index (Phi) is 6.21. The van der Waals surface area contributed by atoms with Gasteiger partial charge in [-0.3, -0.25) is 0 Å². The van der Waals surface area contributed by atoms with E-state index in [9.17, 15) is 21.6 Å². The number of nitrogens with one attached hydrogen (secondary N) is 2. The highest BCUT2D eigenvalue weighted by Crippen LogP contribution is 2.26. The van der Waals surface area contributed by atoms with Crippen molar-refractivity contribution in [3.05, 3.63) is 58.7 Å². The first-order chi connectivity index (χ1) is 12.4. The Morgan fingerprint density at radius 3 is 2.07 bits per heavy atom. The second-order valence-corrected chi connectivity index (χ2v) is 8.34. The van der Waals surface area contributed by atoms with Crippen LogP contribution in [-0.2, 0) is 10.0 Å².